The number of amidine groups is 1. The Bertz CT molecular complexity index is 490. The summed E-state index contributed by atoms with van der Waals surface area (Å²) in [5.74, 6) is 2.02. The highest BCUT2D eigenvalue weighted by atomic mass is 79.9. The molecule has 1 aliphatic heterocycles. The number of nitrogens with zero attached hydrogens (tertiary/aromatic N) is 1. The molecular formula is C13H14Br2N2S. The van der Waals surface area contributed by atoms with Crippen molar-refractivity contribution in [1.82, 2.24) is 0 Å². The average Bonchev–Trinajstić information content (AvgIpc) is 2.81. The van der Waals surface area contributed by atoms with Crippen molar-refractivity contribution >= 4 is 54.5 Å². The van der Waals surface area contributed by atoms with Gasteiger partial charge in [-0.15, -0.1) is 0 Å². The van der Waals surface area contributed by atoms with Crippen LogP contribution in [0.5, 0.6) is 0 Å². The van der Waals surface area contributed by atoms with Gasteiger partial charge in [-0.25, -0.2) is 0 Å². The molecule has 2 unspecified atom stereocenters. The molecule has 1 aliphatic carbocycles. The van der Waals surface area contributed by atoms with Crippen LogP contribution in [0.4, 0.5) is 5.69 Å². The fraction of sp³-hybridized carbons (Fsp3) is 0.462. The highest BCUT2D eigenvalue weighted by Gasteiger charge is 2.31. The third-order valence-corrected chi connectivity index (χ3v) is 5.77. The summed E-state index contributed by atoms with van der Waals surface area (Å²) in [6.07, 6.45) is 3.96. The maximum atomic E-state index is 4.84. The molecule has 1 aromatic rings. The number of anilines is 1. The Labute approximate surface area is 128 Å². The van der Waals surface area contributed by atoms with E-state index in [0.29, 0.717) is 6.04 Å². The summed E-state index contributed by atoms with van der Waals surface area (Å²) in [5.41, 5.74) is 1.08. The highest BCUT2D eigenvalue weighted by molar-refractivity contribution is 9.11. The molecule has 3 rings (SSSR count). The Morgan fingerprint density at radius 1 is 1.28 bits per heavy atom. The summed E-state index contributed by atoms with van der Waals surface area (Å²) in [6, 6.07) is 6.70. The molecule has 0 aromatic heterocycles. The first-order chi connectivity index (χ1) is 8.72. The lowest BCUT2D eigenvalue weighted by molar-refractivity contribution is 0.535. The maximum absolute atomic E-state index is 4.84. The first kappa shape index (κ1) is 13.0. The number of aliphatic imine (C=N–C) groups is 1. The summed E-state index contributed by atoms with van der Waals surface area (Å²) >= 11 is 8.92. The van der Waals surface area contributed by atoms with Crippen LogP contribution in [0, 0.1) is 5.92 Å². The number of hydrogen-bond acceptors (Lipinski definition) is 3. The minimum absolute atomic E-state index is 0.555. The number of fused-ring (bicyclic) bond motifs is 1. The van der Waals surface area contributed by atoms with Gasteiger partial charge in [-0.3, -0.25) is 4.99 Å². The van der Waals surface area contributed by atoms with Gasteiger partial charge in [0.05, 0.1) is 11.7 Å². The zero-order valence-corrected chi connectivity index (χ0v) is 13.8. The molecule has 1 fully saturated rings. The normalized spacial score (nSPS) is 26.7. The predicted molar refractivity (Wildman–Crippen MR) is 86.5 cm³/mol. The Balaban J connectivity index is 1.78. The maximum Gasteiger partial charge on any atom is 0.161 e. The Hall–Kier alpha value is -0.000000000000000111. The van der Waals surface area contributed by atoms with Crippen molar-refractivity contribution < 1.29 is 0 Å². The lowest BCUT2D eigenvalue weighted by Gasteiger charge is -2.23. The minimum Gasteiger partial charge on any atom is -0.334 e. The first-order valence-corrected chi connectivity index (χ1v) is 8.72. The van der Waals surface area contributed by atoms with Gasteiger partial charge >= 0.3 is 0 Å². The van der Waals surface area contributed by atoms with E-state index in [2.05, 4.69) is 43.2 Å². The van der Waals surface area contributed by atoms with Gasteiger partial charge in [0.25, 0.3) is 0 Å². The van der Waals surface area contributed by atoms with Gasteiger partial charge in [-0.2, -0.15) is 0 Å². The molecule has 2 aliphatic rings. The topological polar surface area (TPSA) is 24.4 Å². The molecule has 1 heterocycles. The van der Waals surface area contributed by atoms with Crippen molar-refractivity contribution in [2.75, 3.05) is 11.1 Å². The molecule has 5 heteroatoms. The van der Waals surface area contributed by atoms with Crippen molar-refractivity contribution in [3.05, 3.63) is 27.1 Å². The quantitative estimate of drug-likeness (QED) is 0.738. The average molecular weight is 390 g/mol. The third kappa shape index (κ3) is 2.78. The molecular weight excluding hydrogens is 376 g/mol. The molecule has 96 valence electrons. The van der Waals surface area contributed by atoms with Crippen LogP contribution in [-0.2, 0) is 0 Å². The molecule has 2 atom stereocenters. The Morgan fingerprint density at radius 2 is 2.17 bits per heavy atom. The van der Waals surface area contributed by atoms with E-state index < -0.39 is 0 Å². The lowest BCUT2D eigenvalue weighted by Crippen LogP contribution is -2.25. The molecule has 0 bridgehead atoms. The summed E-state index contributed by atoms with van der Waals surface area (Å²) < 4.78 is 2.15. The molecule has 0 spiro atoms. The Kier molecular flexibility index (Phi) is 4.01. The van der Waals surface area contributed by atoms with E-state index in [1.165, 1.54) is 25.0 Å². The summed E-state index contributed by atoms with van der Waals surface area (Å²) in [5, 5.41) is 4.51. The fourth-order valence-electron chi connectivity index (χ4n) is 2.53. The number of nitrogens with one attached hydrogen (secondary N) is 1. The van der Waals surface area contributed by atoms with Gasteiger partial charge in [-0.1, -0.05) is 34.1 Å². The van der Waals surface area contributed by atoms with Crippen LogP contribution in [0.2, 0.25) is 0 Å². The molecule has 0 amide bonds. The molecule has 1 N–H and O–H groups in total. The van der Waals surface area contributed by atoms with Crippen LogP contribution in [0.25, 0.3) is 0 Å². The second kappa shape index (κ2) is 5.55. The van der Waals surface area contributed by atoms with E-state index in [9.17, 15) is 0 Å². The van der Waals surface area contributed by atoms with E-state index in [4.69, 9.17) is 4.99 Å². The van der Waals surface area contributed by atoms with E-state index in [1.807, 2.05) is 23.9 Å². The van der Waals surface area contributed by atoms with Crippen LogP contribution in [0.3, 0.4) is 0 Å². The van der Waals surface area contributed by atoms with E-state index in [1.54, 1.807) is 0 Å². The van der Waals surface area contributed by atoms with Crippen molar-refractivity contribution in [2.45, 2.75) is 25.3 Å². The van der Waals surface area contributed by atoms with Crippen LogP contribution < -0.4 is 5.32 Å². The standard InChI is InChI=1S/C13H14Br2N2S/c14-9-4-5-10(15)12(6-9)17-13-16-11-3-1-2-8(11)7-18-13/h4-6,8,11H,1-3,7H2,(H,16,17). The van der Waals surface area contributed by atoms with Crippen LogP contribution in [-0.4, -0.2) is 17.0 Å². The fourth-order valence-corrected chi connectivity index (χ4v) is 4.39. The highest BCUT2D eigenvalue weighted by Crippen LogP contribution is 2.36. The Morgan fingerprint density at radius 3 is 3.06 bits per heavy atom. The predicted octanol–water partition coefficient (Wildman–Crippen LogP) is 4.90. The largest absolute Gasteiger partial charge is 0.334 e. The van der Waals surface area contributed by atoms with Crippen molar-refractivity contribution in [1.29, 1.82) is 0 Å². The first-order valence-electron chi connectivity index (χ1n) is 6.15. The van der Waals surface area contributed by atoms with Crippen LogP contribution in [0.15, 0.2) is 32.1 Å². The van der Waals surface area contributed by atoms with Gasteiger partial charge in [-0.05, 0) is 52.9 Å². The van der Waals surface area contributed by atoms with Gasteiger partial charge in [0.2, 0.25) is 0 Å². The lowest BCUT2D eigenvalue weighted by atomic mass is 10.1. The number of thioether (sulfide) groups is 1. The third-order valence-electron chi connectivity index (χ3n) is 3.51. The molecule has 0 saturated heterocycles. The van der Waals surface area contributed by atoms with Crippen molar-refractivity contribution in [3.8, 4) is 0 Å². The summed E-state index contributed by atoms with van der Waals surface area (Å²) in [7, 11) is 0. The number of benzene rings is 1. The van der Waals surface area contributed by atoms with Crippen LogP contribution in [0.1, 0.15) is 19.3 Å². The van der Waals surface area contributed by atoms with Gasteiger partial charge in [0.1, 0.15) is 0 Å². The van der Waals surface area contributed by atoms with Crippen molar-refractivity contribution in [2.24, 2.45) is 10.9 Å². The monoisotopic (exact) mass is 388 g/mol. The molecule has 1 aromatic carbocycles. The number of hydrogen-bond donors (Lipinski definition) is 1. The molecule has 2 nitrogen and oxygen atoms in total. The second-order valence-corrected chi connectivity index (χ2v) is 7.53. The number of halogens is 2. The zero-order valence-electron chi connectivity index (χ0n) is 9.83. The summed E-state index contributed by atoms with van der Waals surface area (Å²) in [6.45, 7) is 0. The minimum atomic E-state index is 0.555. The van der Waals surface area contributed by atoms with Crippen LogP contribution >= 0.6 is 43.6 Å². The molecule has 0 radical (unpaired) electrons. The second-order valence-electron chi connectivity index (χ2n) is 4.75. The smallest absolute Gasteiger partial charge is 0.161 e. The number of rotatable bonds is 1. The molecule has 18 heavy (non-hydrogen) atoms. The molecule has 1 saturated carbocycles. The summed E-state index contributed by atoms with van der Waals surface area (Å²) in [4.78, 5) is 4.84. The van der Waals surface area contributed by atoms with Gasteiger partial charge in [0.15, 0.2) is 5.17 Å². The van der Waals surface area contributed by atoms with E-state index in [-0.39, 0.29) is 0 Å². The SMILES string of the molecule is Brc1ccc(Br)c(NC2=NC3CCCC3CS2)c1. The van der Waals surface area contributed by atoms with E-state index >= 15 is 0 Å². The zero-order chi connectivity index (χ0) is 12.5. The van der Waals surface area contributed by atoms with E-state index in [0.717, 1.165) is 25.7 Å². The van der Waals surface area contributed by atoms with Gasteiger partial charge < -0.3 is 5.32 Å². The van der Waals surface area contributed by atoms with Crippen molar-refractivity contribution in [3.63, 3.8) is 0 Å². The van der Waals surface area contributed by atoms with Gasteiger partial charge in [0, 0.05) is 14.7 Å².